The fraction of sp³-hybridized carbons (Fsp3) is 0.795. The normalized spacial score (nSPS) is 20.4. The van der Waals surface area contributed by atoms with Crippen LogP contribution in [0.5, 0.6) is 0 Å². The lowest BCUT2D eigenvalue weighted by Gasteiger charge is -2.43. The minimum absolute atomic E-state index is 0.00427. The van der Waals surface area contributed by atoms with E-state index in [0.29, 0.717) is 31.1 Å². The molecular formula is C44H79N5O6. The van der Waals surface area contributed by atoms with E-state index in [0.717, 1.165) is 77.0 Å². The molecule has 5 atom stereocenters. The molecule has 2 saturated carbocycles. The Morgan fingerprint density at radius 3 is 2.09 bits per heavy atom. The van der Waals surface area contributed by atoms with E-state index < -0.39 is 35.7 Å². The molecule has 2 aliphatic carbocycles. The van der Waals surface area contributed by atoms with Gasteiger partial charge in [-0.3, -0.25) is 14.4 Å². The molecule has 3 fully saturated rings. The average molecular weight is 774 g/mol. The molecule has 0 radical (unpaired) electrons. The Balaban J connectivity index is 0.000000745. The quantitative estimate of drug-likeness (QED) is 0.0862. The van der Waals surface area contributed by atoms with Crippen LogP contribution in [-0.2, 0) is 19.1 Å². The summed E-state index contributed by atoms with van der Waals surface area (Å²) >= 11 is 0. The van der Waals surface area contributed by atoms with Gasteiger partial charge in [0.05, 0.1) is 12.1 Å². The third-order valence-corrected chi connectivity index (χ3v) is 11.2. The van der Waals surface area contributed by atoms with Crippen molar-refractivity contribution in [3.63, 3.8) is 0 Å². The predicted molar refractivity (Wildman–Crippen MR) is 224 cm³/mol. The molecule has 0 aromatic carbocycles. The minimum atomic E-state index is -0.733. The number of alkyl carbamates (subject to hydrolysis) is 1. The SMILES string of the molecule is C=CCNC(=O)C(=C)C(C)CCCC.CCC.CC[C@H]1CCN(C(=O)C(NC(=O)NC(COC(=O)NCC2CC2)C(C)(C)C)C2(C)CCCCC2)C1C(C)=O. The zero-order valence-electron chi connectivity index (χ0n) is 36.4. The zero-order chi connectivity index (χ0) is 41.8. The van der Waals surface area contributed by atoms with E-state index in [1.165, 1.54) is 6.42 Å². The number of ketones is 1. The van der Waals surface area contributed by atoms with E-state index in [4.69, 9.17) is 4.74 Å². The van der Waals surface area contributed by atoms with E-state index in [1.807, 2.05) is 27.7 Å². The molecule has 5 amide bonds. The summed E-state index contributed by atoms with van der Waals surface area (Å²) in [5.74, 6) is 0.770. The van der Waals surface area contributed by atoms with Gasteiger partial charge in [0, 0.05) is 25.2 Å². The van der Waals surface area contributed by atoms with Gasteiger partial charge in [-0.15, -0.1) is 6.58 Å². The van der Waals surface area contributed by atoms with E-state index in [1.54, 1.807) is 17.9 Å². The van der Waals surface area contributed by atoms with E-state index >= 15 is 0 Å². The average Bonchev–Trinajstić information content (AvgIpc) is 3.87. The first-order chi connectivity index (χ1) is 25.9. The van der Waals surface area contributed by atoms with Crippen molar-refractivity contribution in [2.24, 2.45) is 28.6 Å². The van der Waals surface area contributed by atoms with Crippen LogP contribution in [0.2, 0.25) is 0 Å². The number of ether oxygens (including phenoxy) is 1. The van der Waals surface area contributed by atoms with Crippen molar-refractivity contribution >= 4 is 29.7 Å². The molecule has 0 aromatic rings. The summed E-state index contributed by atoms with van der Waals surface area (Å²) < 4.78 is 5.44. The molecule has 0 aromatic heterocycles. The van der Waals surface area contributed by atoms with E-state index in [2.05, 4.69) is 69.0 Å². The molecule has 316 valence electrons. The van der Waals surface area contributed by atoms with Crippen molar-refractivity contribution < 1.29 is 28.7 Å². The molecular weight excluding hydrogens is 695 g/mol. The van der Waals surface area contributed by atoms with Crippen LogP contribution in [0.25, 0.3) is 0 Å². The largest absolute Gasteiger partial charge is 0.447 e. The summed E-state index contributed by atoms with van der Waals surface area (Å²) in [4.78, 5) is 65.3. The van der Waals surface area contributed by atoms with Gasteiger partial charge in [0.15, 0.2) is 5.78 Å². The topological polar surface area (TPSA) is 146 Å². The maximum absolute atomic E-state index is 14.0. The van der Waals surface area contributed by atoms with Crippen LogP contribution in [0.1, 0.15) is 153 Å². The number of hydrogen-bond donors (Lipinski definition) is 4. The summed E-state index contributed by atoms with van der Waals surface area (Å²) in [6, 6.07) is -2.08. The number of nitrogens with zero attached hydrogens (tertiary/aromatic N) is 1. The Morgan fingerprint density at radius 2 is 1.58 bits per heavy atom. The summed E-state index contributed by atoms with van der Waals surface area (Å²) in [6.07, 6.45) is 14.5. The molecule has 3 rings (SSSR count). The molecule has 4 N–H and O–H groups in total. The Bertz CT molecular complexity index is 1240. The smallest absolute Gasteiger partial charge is 0.407 e. The Labute approximate surface area is 334 Å². The molecule has 11 nitrogen and oxygen atoms in total. The van der Waals surface area contributed by atoms with E-state index in [9.17, 15) is 24.0 Å². The van der Waals surface area contributed by atoms with Crippen molar-refractivity contribution in [3.05, 3.63) is 24.8 Å². The standard InChI is InChI=1S/C29H50N4O5.C12H21NO.C3H8/c1-7-21-13-16-33(23(21)19(2)34)25(35)24(29(6)14-9-8-10-15-29)32-26(36)31-22(28(3,4)5)18-38-27(37)30-17-20-11-12-20;1-5-7-8-10(3)11(4)12(14)13-9-6-2;1-3-2/h20-24H,7-18H2,1-6H3,(H,30,37)(H2,31,32,36);6,10H,2,4-5,7-9H2,1,3H3,(H,13,14);3H2,1-2H3/t21-,22?,23?,24?;;/m0../s1. The summed E-state index contributed by atoms with van der Waals surface area (Å²) in [5.41, 5.74) is -0.0968. The second-order valence-corrected chi connectivity index (χ2v) is 17.4. The first kappa shape index (κ1) is 49.6. The second kappa shape index (κ2) is 25.0. The fourth-order valence-corrected chi connectivity index (χ4v) is 7.22. The molecule has 0 bridgehead atoms. The van der Waals surface area contributed by atoms with Crippen LogP contribution < -0.4 is 21.3 Å². The van der Waals surface area contributed by atoms with Gasteiger partial charge in [-0.2, -0.15) is 0 Å². The number of likely N-dealkylation sites (tertiary alicyclic amines) is 1. The van der Waals surface area contributed by atoms with Gasteiger partial charge in [-0.1, -0.05) is 120 Å². The first-order valence-corrected chi connectivity index (χ1v) is 21.3. The second-order valence-electron chi connectivity index (χ2n) is 17.4. The van der Waals surface area contributed by atoms with Gasteiger partial charge in [0.1, 0.15) is 12.6 Å². The number of Topliss-reactive ketones (excluding diaryl/α,β-unsaturated/α-hetero) is 1. The number of amides is 5. The van der Waals surface area contributed by atoms with Gasteiger partial charge < -0.3 is 30.9 Å². The molecule has 3 aliphatic rings. The number of carbonyl (C=O) groups is 5. The first-order valence-electron chi connectivity index (χ1n) is 21.3. The number of unbranched alkanes of at least 4 members (excludes halogenated alkanes) is 1. The molecule has 1 aliphatic heterocycles. The minimum Gasteiger partial charge on any atom is -0.447 e. The van der Waals surface area contributed by atoms with Crippen LogP contribution in [0, 0.1) is 28.6 Å². The monoisotopic (exact) mass is 774 g/mol. The van der Waals surface area contributed by atoms with Crippen LogP contribution in [-0.4, -0.2) is 79.0 Å². The molecule has 0 spiro atoms. The van der Waals surface area contributed by atoms with E-state index in [-0.39, 0.29) is 41.5 Å². The lowest BCUT2D eigenvalue weighted by molar-refractivity contribution is -0.142. The van der Waals surface area contributed by atoms with Gasteiger partial charge in [-0.25, -0.2) is 9.59 Å². The number of hydrogen-bond acceptors (Lipinski definition) is 6. The molecule has 11 heteroatoms. The molecule has 55 heavy (non-hydrogen) atoms. The highest BCUT2D eigenvalue weighted by Gasteiger charge is 2.47. The van der Waals surface area contributed by atoms with Crippen molar-refractivity contribution in [1.82, 2.24) is 26.2 Å². The van der Waals surface area contributed by atoms with Gasteiger partial charge in [-0.05, 0) is 74.0 Å². The summed E-state index contributed by atoms with van der Waals surface area (Å²) in [7, 11) is 0. The van der Waals surface area contributed by atoms with Crippen LogP contribution >= 0.6 is 0 Å². The highest BCUT2D eigenvalue weighted by atomic mass is 16.5. The summed E-state index contributed by atoms with van der Waals surface area (Å²) in [6.45, 7) is 29.1. The van der Waals surface area contributed by atoms with Crippen molar-refractivity contribution in [3.8, 4) is 0 Å². The number of nitrogens with one attached hydrogen (secondary N) is 4. The Hall–Kier alpha value is -3.37. The molecule has 1 heterocycles. The van der Waals surface area contributed by atoms with Crippen molar-refractivity contribution in [1.29, 1.82) is 0 Å². The highest BCUT2D eigenvalue weighted by Crippen LogP contribution is 2.41. The number of rotatable bonds is 17. The third kappa shape index (κ3) is 17.5. The zero-order valence-corrected chi connectivity index (χ0v) is 36.4. The fourth-order valence-electron chi connectivity index (χ4n) is 7.22. The Kier molecular flexibility index (Phi) is 22.6. The number of urea groups is 1. The predicted octanol–water partition coefficient (Wildman–Crippen LogP) is 8.48. The van der Waals surface area contributed by atoms with Crippen molar-refractivity contribution in [2.75, 3.05) is 26.2 Å². The molecule has 1 saturated heterocycles. The third-order valence-electron chi connectivity index (χ3n) is 11.2. The highest BCUT2D eigenvalue weighted by molar-refractivity contribution is 5.93. The van der Waals surface area contributed by atoms with Gasteiger partial charge in [0.25, 0.3) is 0 Å². The molecule has 4 unspecified atom stereocenters. The number of carbonyl (C=O) groups excluding carboxylic acids is 5. The van der Waals surface area contributed by atoms with Crippen LogP contribution in [0.15, 0.2) is 24.8 Å². The Morgan fingerprint density at radius 1 is 0.964 bits per heavy atom. The van der Waals surface area contributed by atoms with Gasteiger partial charge in [0.2, 0.25) is 11.8 Å². The summed E-state index contributed by atoms with van der Waals surface area (Å²) in [5, 5.41) is 11.5. The maximum atomic E-state index is 14.0. The lowest BCUT2D eigenvalue weighted by atomic mass is 9.70. The van der Waals surface area contributed by atoms with Crippen LogP contribution in [0.3, 0.4) is 0 Å². The van der Waals surface area contributed by atoms with Crippen LogP contribution in [0.4, 0.5) is 9.59 Å². The van der Waals surface area contributed by atoms with Gasteiger partial charge >= 0.3 is 12.1 Å². The maximum Gasteiger partial charge on any atom is 0.407 e. The van der Waals surface area contributed by atoms with Crippen molar-refractivity contribution in [2.45, 2.75) is 171 Å². The lowest BCUT2D eigenvalue weighted by Crippen LogP contribution is -2.62.